The second-order valence-electron chi connectivity index (χ2n) is 6.01. The molecular formula is C14H22N4. The predicted octanol–water partition coefficient (Wildman–Crippen LogP) is 3.24. The van der Waals surface area contributed by atoms with E-state index in [9.17, 15) is 0 Å². The third-order valence-corrected chi connectivity index (χ3v) is 3.56. The van der Waals surface area contributed by atoms with E-state index >= 15 is 0 Å². The van der Waals surface area contributed by atoms with Crippen LogP contribution in [0.4, 0.5) is 11.6 Å². The molecular weight excluding hydrogens is 224 g/mol. The number of nitrogen functional groups attached to an aromatic ring is 1. The van der Waals surface area contributed by atoms with Gasteiger partial charge in [-0.25, -0.2) is 4.98 Å². The molecule has 0 saturated heterocycles. The molecule has 0 aliphatic carbocycles. The average Bonchev–Trinajstić information content (AvgIpc) is 2.66. The van der Waals surface area contributed by atoms with Crippen LogP contribution in [0.15, 0.2) is 18.2 Å². The molecule has 0 bridgehead atoms. The number of aromatic nitrogens is 2. The number of imidazole rings is 1. The van der Waals surface area contributed by atoms with Gasteiger partial charge < -0.3 is 16.0 Å². The van der Waals surface area contributed by atoms with Crippen molar-refractivity contribution in [1.82, 2.24) is 9.97 Å². The summed E-state index contributed by atoms with van der Waals surface area (Å²) >= 11 is 0. The van der Waals surface area contributed by atoms with Gasteiger partial charge in [0.2, 0.25) is 5.95 Å². The lowest BCUT2D eigenvalue weighted by Crippen LogP contribution is -2.25. The van der Waals surface area contributed by atoms with Crippen molar-refractivity contribution in [1.29, 1.82) is 0 Å². The highest BCUT2D eigenvalue weighted by Gasteiger charge is 2.19. The molecule has 0 aliphatic heterocycles. The fourth-order valence-corrected chi connectivity index (χ4v) is 1.67. The summed E-state index contributed by atoms with van der Waals surface area (Å²) < 4.78 is 0. The lowest BCUT2D eigenvalue weighted by Gasteiger charge is -2.27. The van der Waals surface area contributed by atoms with Gasteiger partial charge in [-0.1, -0.05) is 27.7 Å². The summed E-state index contributed by atoms with van der Waals surface area (Å²) in [6.45, 7) is 9.89. The quantitative estimate of drug-likeness (QED) is 0.728. The van der Waals surface area contributed by atoms with Crippen molar-refractivity contribution in [2.24, 2.45) is 11.3 Å². The molecule has 0 fully saturated rings. The highest BCUT2D eigenvalue weighted by atomic mass is 15.1. The molecule has 2 rings (SSSR count). The van der Waals surface area contributed by atoms with Crippen LogP contribution in [0.3, 0.4) is 0 Å². The van der Waals surface area contributed by atoms with Crippen molar-refractivity contribution in [2.45, 2.75) is 27.7 Å². The molecule has 1 aromatic carbocycles. The summed E-state index contributed by atoms with van der Waals surface area (Å²) in [5.41, 5.74) is 8.70. The van der Waals surface area contributed by atoms with Gasteiger partial charge in [-0.15, -0.1) is 0 Å². The van der Waals surface area contributed by atoms with Crippen LogP contribution < -0.4 is 11.1 Å². The number of hydrogen-bond acceptors (Lipinski definition) is 3. The topological polar surface area (TPSA) is 66.7 Å². The van der Waals surface area contributed by atoms with Crippen molar-refractivity contribution >= 4 is 22.7 Å². The fourth-order valence-electron chi connectivity index (χ4n) is 1.67. The first-order chi connectivity index (χ1) is 8.36. The predicted molar refractivity (Wildman–Crippen MR) is 77.6 cm³/mol. The Labute approximate surface area is 108 Å². The molecule has 18 heavy (non-hydrogen) atoms. The van der Waals surface area contributed by atoms with Gasteiger partial charge in [-0.05, 0) is 29.5 Å². The van der Waals surface area contributed by atoms with Crippen LogP contribution in [0.5, 0.6) is 0 Å². The minimum atomic E-state index is 0.295. The molecule has 1 heterocycles. The highest BCUT2D eigenvalue weighted by Crippen LogP contribution is 2.25. The highest BCUT2D eigenvalue weighted by molar-refractivity contribution is 5.80. The number of benzene rings is 1. The lowest BCUT2D eigenvalue weighted by atomic mass is 9.82. The van der Waals surface area contributed by atoms with Gasteiger partial charge in [0, 0.05) is 12.2 Å². The van der Waals surface area contributed by atoms with E-state index in [0.29, 0.717) is 11.3 Å². The first kappa shape index (κ1) is 12.7. The Hall–Kier alpha value is -1.71. The zero-order valence-electron chi connectivity index (χ0n) is 11.5. The number of nitrogens with two attached hydrogens (primary N) is 1. The first-order valence-electron chi connectivity index (χ1n) is 6.35. The smallest absolute Gasteiger partial charge is 0.201 e. The molecule has 4 N–H and O–H groups in total. The summed E-state index contributed by atoms with van der Waals surface area (Å²) in [5, 5.41) is 3.35. The van der Waals surface area contributed by atoms with Crippen molar-refractivity contribution in [3.05, 3.63) is 18.2 Å². The van der Waals surface area contributed by atoms with Crippen LogP contribution in [-0.4, -0.2) is 16.5 Å². The summed E-state index contributed by atoms with van der Waals surface area (Å²) in [6.07, 6.45) is 0. The van der Waals surface area contributed by atoms with Crippen molar-refractivity contribution in [2.75, 3.05) is 17.6 Å². The van der Waals surface area contributed by atoms with Gasteiger partial charge in [0.15, 0.2) is 0 Å². The van der Waals surface area contributed by atoms with E-state index in [1.165, 1.54) is 0 Å². The maximum Gasteiger partial charge on any atom is 0.201 e. The van der Waals surface area contributed by atoms with Gasteiger partial charge >= 0.3 is 0 Å². The van der Waals surface area contributed by atoms with Crippen LogP contribution in [0.1, 0.15) is 27.7 Å². The van der Waals surface area contributed by atoms with Gasteiger partial charge in [0.25, 0.3) is 0 Å². The molecule has 1 atom stereocenters. The van der Waals surface area contributed by atoms with Crippen molar-refractivity contribution in [3.63, 3.8) is 0 Å². The minimum Gasteiger partial charge on any atom is -0.399 e. The van der Waals surface area contributed by atoms with E-state index < -0.39 is 0 Å². The Kier molecular flexibility index (Phi) is 3.20. The van der Waals surface area contributed by atoms with E-state index in [-0.39, 0.29) is 0 Å². The number of H-pyrrole nitrogens is 1. The van der Waals surface area contributed by atoms with E-state index in [2.05, 4.69) is 43.0 Å². The number of rotatable bonds is 3. The maximum atomic E-state index is 5.74. The molecule has 0 aliphatic rings. The normalized spacial score (nSPS) is 13.8. The van der Waals surface area contributed by atoms with E-state index in [1.54, 1.807) is 0 Å². The standard InChI is InChI=1S/C14H22N4/c1-9(14(2,3)4)8-16-13-17-11-6-5-10(15)7-12(11)18-13/h5-7,9H,8,15H2,1-4H3,(H2,16,17,18). The van der Waals surface area contributed by atoms with Crippen molar-refractivity contribution in [3.8, 4) is 0 Å². The van der Waals surface area contributed by atoms with Gasteiger partial charge in [-0.2, -0.15) is 0 Å². The Morgan fingerprint density at radius 3 is 2.78 bits per heavy atom. The van der Waals surface area contributed by atoms with E-state index in [0.717, 1.165) is 29.2 Å². The number of aromatic amines is 1. The van der Waals surface area contributed by atoms with Crippen LogP contribution in [0.25, 0.3) is 11.0 Å². The molecule has 0 spiro atoms. The monoisotopic (exact) mass is 246 g/mol. The number of anilines is 2. The summed E-state index contributed by atoms with van der Waals surface area (Å²) in [6, 6.07) is 5.70. The fraction of sp³-hybridized carbons (Fsp3) is 0.500. The Bertz CT molecular complexity index is 536. The third-order valence-electron chi connectivity index (χ3n) is 3.56. The molecule has 0 saturated carbocycles. The Morgan fingerprint density at radius 2 is 2.11 bits per heavy atom. The number of fused-ring (bicyclic) bond motifs is 1. The van der Waals surface area contributed by atoms with E-state index in [4.69, 9.17) is 5.73 Å². The zero-order valence-corrected chi connectivity index (χ0v) is 11.5. The summed E-state index contributed by atoms with van der Waals surface area (Å²) in [7, 11) is 0. The second-order valence-corrected chi connectivity index (χ2v) is 6.01. The zero-order chi connectivity index (χ0) is 13.3. The van der Waals surface area contributed by atoms with Crippen LogP contribution in [0.2, 0.25) is 0 Å². The number of nitrogens with one attached hydrogen (secondary N) is 2. The molecule has 0 amide bonds. The largest absolute Gasteiger partial charge is 0.399 e. The van der Waals surface area contributed by atoms with Gasteiger partial charge in [0.05, 0.1) is 11.0 Å². The number of nitrogens with zero attached hydrogens (tertiary/aromatic N) is 1. The molecule has 0 radical (unpaired) electrons. The molecule has 2 aromatic rings. The molecule has 4 heteroatoms. The van der Waals surface area contributed by atoms with Gasteiger partial charge in [-0.3, -0.25) is 0 Å². The maximum absolute atomic E-state index is 5.74. The Balaban J connectivity index is 2.09. The van der Waals surface area contributed by atoms with Gasteiger partial charge in [0.1, 0.15) is 0 Å². The summed E-state index contributed by atoms with van der Waals surface area (Å²) in [5.74, 6) is 1.38. The number of hydrogen-bond donors (Lipinski definition) is 3. The Morgan fingerprint density at radius 1 is 1.39 bits per heavy atom. The summed E-state index contributed by atoms with van der Waals surface area (Å²) in [4.78, 5) is 7.73. The molecule has 1 aromatic heterocycles. The minimum absolute atomic E-state index is 0.295. The average molecular weight is 246 g/mol. The van der Waals surface area contributed by atoms with Crippen LogP contribution in [-0.2, 0) is 0 Å². The second kappa shape index (κ2) is 4.52. The SMILES string of the molecule is CC(CNc1nc2ccc(N)cc2[nH]1)C(C)(C)C. The van der Waals surface area contributed by atoms with Crippen molar-refractivity contribution < 1.29 is 0 Å². The molecule has 4 nitrogen and oxygen atoms in total. The van der Waals surface area contributed by atoms with Crippen LogP contribution >= 0.6 is 0 Å². The first-order valence-corrected chi connectivity index (χ1v) is 6.35. The van der Waals surface area contributed by atoms with E-state index in [1.807, 2.05) is 18.2 Å². The molecule has 98 valence electrons. The molecule has 1 unspecified atom stereocenters. The third kappa shape index (κ3) is 2.75. The lowest BCUT2D eigenvalue weighted by molar-refractivity contribution is 0.274. The van der Waals surface area contributed by atoms with Crippen LogP contribution in [0, 0.1) is 11.3 Å².